The summed E-state index contributed by atoms with van der Waals surface area (Å²) in [6.07, 6.45) is 4.60. The SMILES string of the molecule is O=C1NC2CCCCC2N=C1c1ccccc1. The molecule has 1 aliphatic carbocycles. The van der Waals surface area contributed by atoms with Gasteiger partial charge in [-0.1, -0.05) is 43.2 Å². The van der Waals surface area contributed by atoms with Crippen molar-refractivity contribution in [1.82, 2.24) is 5.32 Å². The number of rotatable bonds is 1. The van der Waals surface area contributed by atoms with E-state index >= 15 is 0 Å². The molecule has 1 amide bonds. The molecule has 2 atom stereocenters. The quantitative estimate of drug-likeness (QED) is 0.784. The predicted octanol–water partition coefficient (Wildman–Crippen LogP) is 1.92. The first-order chi connectivity index (χ1) is 8.34. The highest BCUT2D eigenvalue weighted by molar-refractivity contribution is 6.45. The lowest BCUT2D eigenvalue weighted by Crippen LogP contribution is -2.51. The topological polar surface area (TPSA) is 41.5 Å². The van der Waals surface area contributed by atoms with Gasteiger partial charge in [0.05, 0.1) is 12.1 Å². The smallest absolute Gasteiger partial charge is 0.270 e. The van der Waals surface area contributed by atoms with Crippen molar-refractivity contribution in [1.29, 1.82) is 0 Å². The van der Waals surface area contributed by atoms with Crippen molar-refractivity contribution in [2.75, 3.05) is 0 Å². The van der Waals surface area contributed by atoms with E-state index in [0.717, 1.165) is 18.4 Å². The second kappa shape index (κ2) is 4.32. The van der Waals surface area contributed by atoms with Crippen molar-refractivity contribution in [2.24, 2.45) is 4.99 Å². The summed E-state index contributed by atoms with van der Waals surface area (Å²) in [6.45, 7) is 0. The summed E-state index contributed by atoms with van der Waals surface area (Å²) in [5, 5.41) is 3.10. The van der Waals surface area contributed by atoms with Crippen LogP contribution in [0, 0.1) is 0 Å². The fourth-order valence-corrected chi connectivity index (χ4v) is 2.70. The third kappa shape index (κ3) is 1.97. The lowest BCUT2D eigenvalue weighted by atomic mass is 9.88. The molecule has 1 aliphatic heterocycles. The van der Waals surface area contributed by atoms with Gasteiger partial charge in [-0.25, -0.2) is 0 Å². The van der Waals surface area contributed by atoms with Gasteiger partial charge in [0.15, 0.2) is 0 Å². The van der Waals surface area contributed by atoms with E-state index in [1.54, 1.807) is 0 Å². The number of carbonyl (C=O) groups excluding carboxylic acids is 1. The van der Waals surface area contributed by atoms with Crippen LogP contribution in [0.1, 0.15) is 31.2 Å². The number of carbonyl (C=O) groups is 1. The molecule has 0 saturated heterocycles. The molecule has 1 saturated carbocycles. The first-order valence-corrected chi connectivity index (χ1v) is 6.29. The lowest BCUT2D eigenvalue weighted by molar-refractivity contribution is -0.116. The molecule has 0 bridgehead atoms. The number of hydrogen-bond donors (Lipinski definition) is 1. The Morgan fingerprint density at radius 3 is 2.71 bits per heavy atom. The molecule has 88 valence electrons. The third-order valence-electron chi connectivity index (χ3n) is 3.60. The number of hydrogen-bond acceptors (Lipinski definition) is 2. The zero-order valence-electron chi connectivity index (χ0n) is 9.73. The van der Waals surface area contributed by atoms with Gasteiger partial charge in [0.1, 0.15) is 5.71 Å². The van der Waals surface area contributed by atoms with Crippen LogP contribution in [0.5, 0.6) is 0 Å². The van der Waals surface area contributed by atoms with Crippen molar-refractivity contribution in [3.63, 3.8) is 0 Å². The maximum atomic E-state index is 12.0. The summed E-state index contributed by atoms with van der Waals surface area (Å²) in [6, 6.07) is 10.3. The Kier molecular flexibility index (Phi) is 2.67. The zero-order valence-corrected chi connectivity index (χ0v) is 9.73. The van der Waals surface area contributed by atoms with Crippen LogP contribution in [0.15, 0.2) is 35.3 Å². The minimum atomic E-state index is -0.0145. The van der Waals surface area contributed by atoms with Gasteiger partial charge in [0.2, 0.25) is 0 Å². The molecule has 1 N–H and O–H groups in total. The van der Waals surface area contributed by atoms with E-state index in [0.29, 0.717) is 5.71 Å². The minimum Gasteiger partial charge on any atom is -0.346 e. The van der Waals surface area contributed by atoms with Crippen LogP contribution in [0.2, 0.25) is 0 Å². The fourth-order valence-electron chi connectivity index (χ4n) is 2.70. The summed E-state index contributed by atoms with van der Waals surface area (Å²) in [5.41, 5.74) is 1.53. The van der Waals surface area contributed by atoms with E-state index in [-0.39, 0.29) is 18.0 Å². The Bertz CT molecular complexity index is 453. The van der Waals surface area contributed by atoms with E-state index in [2.05, 4.69) is 10.3 Å². The van der Waals surface area contributed by atoms with E-state index in [1.165, 1.54) is 12.8 Å². The van der Waals surface area contributed by atoms with E-state index in [4.69, 9.17) is 0 Å². The van der Waals surface area contributed by atoms with Crippen molar-refractivity contribution >= 4 is 11.6 Å². The normalized spacial score (nSPS) is 28.0. The molecule has 0 aromatic heterocycles. The van der Waals surface area contributed by atoms with Gasteiger partial charge in [0, 0.05) is 5.56 Å². The summed E-state index contributed by atoms with van der Waals surface area (Å²) in [4.78, 5) is 16.7. The van der Waals surface area contributed by atoms with Crippen LogP contribution in [0.3, 0.4) is 0 Å². The first kappa shape index (κ1) is 10.5. The molecule has 2 aliphatic rings. The number of nitrogens with one attached hydrogen (secondary N) is 1. The Morgan fingerprint density at radius 2 is 1.88 bits per heavy atom. The van der Waals surface area contributed by atoms with Crippen molar-refractivity contribution < 1.29 is 4.79 Å². The number of amides is 1. The van der Waals surface area contributed by atoms with Crippen LogP contribution in [0.25, 0.3) is 0 Å². The second-order valence-corrected chi connectivity index (χ2v) is 4.78. The molecule has 3 nitrogen and oxygen atoms in total. The second-order valence-electron chi connectivity index (χ2n) is 4.78. The Morgan fingerprint density at radius 1 is 1.12 bits per heavy atom. The molecule has 3 rings (SSSR count). The number of aliphatic imine (C=N–C) groups is 1. The van der Waals surface area contributed by atoms with Gasteiger partial charge in [-0.05, 0) is 12.8 Å². The molecule has 1 aromatic rings. The molecular weight excluding hydrogens is 212 g/mol. The summed E-state index contributed by atoms with van der Waals surface area (Å²) in [7, 11) is 0. The van der Waals surface area contributed by atoms with Crippen LogP contribution >= 0.6 is 0 Å². The average molecular weight is 228 g/mol. The minimum absolute atomic E-state index is 0.0145. The van der Waals surface area contributed by atoms with Gasteiger partial charge < -0.3 is 5.32 Å². The van der Waals surface area contributed by atoms with Gasteiger partial charge in [0.25, 0.3) is 5.91 Å². The van der Waals surface area contributed by atoms with Crippen LogP contribution in [-0.4, -0.2) is 23.7 Å². The van der Waals surface area contributed by atoms with Crippen molar-refractivity contribution in [2.45, 2.75) is 37.8 Å². The number of nitrogens with zero attached hydrogens (tertiary/aromatic N) is 1. The average Bonchev–Trinajstić information content (AvgIpc) is 2.39. The van der Waals surface area contributed by atoms with Crippen LogP contribution in [0.4, 0.5) is 0 Å². The molecule has 3 heteroatoms. The van der Waals surface area contributed by atoms with Crippen LogP contribution in [-0.2, 0) is 4.79 Å². The standard InChI is InChI=1S/C14H16N2O/c17-14-13(10-6-2-1-3-7-10)15-11-8-4-5-9-12(11)16-14/h1-3,6-7,11-12H,4-5,8-9H2,(H,16,17). The molecule has 0 radical (unpaired) electrons. The lowest BCUT2D eigenvalue weighted by Gasteiger charge is -2.33. The maximum Gasteiger partial charge on any atom is 0.270 e. The summed E-state index contributed by atoms with van der Waals surface area (Å²) < 4.78 is 0. The molecule has 2 unspecified atom stereocenters. The molecule has 0 spiro atoms. The van der Waals surface area contributed by atoms with E-state index < -0.39 is 0 Å². The number of fused-ring (bicyclic) bond motifs is 1. The molecular formula is C14H16N2O. The van der Waals surface area contributed by atoms with Crippen LogP contribution < -0.4 is 5.32 Å². The van der Waals surface area contributed by atoms with Gasteiger partial charge in [-0.15, -0.1) is 0 Å². The summed E-state index contributed by atoms with van der Waals surface area (Å²) in [5.74, 6) is -0.0145. The van der Waals surface area contributed by atoms with E-state index in [9.17, 15) is 4.79 Å². The maximum absolute atomic E-state index is 12.0. The molecule has 1 aromatic carbocycles. The third-order valence-corrected chi connectivity index (χ3v) is 3.60. The Balaban J connectivity index is 1.94. The van der Waals surface area contributed by atoms with Gasteiger partial charge in [-0.2, -0.15) is 0 Å². The van der Waals surface area contributed by atoms with Gasteiger partial charge in [-0.3, -0.25) is 9.79 Å². The molecule has 1 heterocycles. The van der Waals surface area contributed by atoms with Gasteiger partial charge >= 0.3 is 0 Å². The number of benzene rings is 1. The molecule has 1 fully saturated rings. The highest BCUT2D eigenvalue weighted by atomic mass is 16.2. The fraction of sp³-hybridized carbons (Fsp3) is 0.429. The monoisotopic (exact) mass is 228 g/mol. The summed E-state index contributed by atoms with van der Waals surface area (Å²) >= 11 is 0. The highest BCUT2D eigenvalue weighted by Crippen LogP contribution is 2.24. The Hall–Kier alpha value is -1.64. The highest BCUT2D eigenvalue weighted by Gasteiger charge is 2.32. The van der Waals surface area contributed by atoms with Crippen molar-refractivity contribution in [3.05, 3.63) is 35.9 Å². The zero-order chi connectivity index (χ0) is 11.7. The first-order valence-electron chi connectivity index (χ1n) is 6.29. The van der Waals surface area contributed by atoms with E-state index in [1.807, 2.05) is 30.3 Å². The Labute approximate surface area is 101 Å². The largest absolute Gasteiger partial charge is 0.346 e. The van der Waals surface area contributed by atoms with Crippen molar-refractivity contribution in [3.8, 4) is 0 Å². The molecule has 17 heavy (non-hydrogen) atoms. The predicted molar refractivity (Wildman–Crippen MR) is 67.2 cm³/mol.